The Balaban J connectivity index is 1.75. The van der Waals surface area contributed by atoms with E-state index in [0.29, 0.717) is 22.6 Å². The van der Waals surface area contributed by atoms with Gasteiger partial charge in [0.05, 0.1) is 22.4 Å². The molecule has 10 heteroatoms. The van der Waals surface area contributed by atoms with Crippen molar-refractivity contribution < 1.29 is 33.0 Å². The van der Waals surface area contributed by atoms with Crippen molar-refractivity contribution in [2.45, 2.75) is 48.7 Å². The second kappa shape index (κ2) is 13.1. The Kier molecular flexibility index (Phi) is 10.1. The molecule has 8 nitrogen and oxygen atoms in total. The topological polar surface area (TPSA) is 121 Å². The quantitative estimate of drug-likeness (QED) is 0.289. The third-order valence-corrected chi connectivity index (χ3v) is 7.77. The van der Waals surface area contributed by atoms with Crippen LogP contribution in [0.1, 0.15) is 43.6 Å². The molecule has 40 heavy (non-hydrogen) atoms. The molecule has 0 heterocycles. The van der Waals surface area contributed by atoms with Gasteiger partial charge in [-0.2, -0.15) is 0 Å². The van der Waals surface area contributed by atoms with Crippen molar-refractivity contribution in [3.05, 3.63) is 101 Å². The first kappa shape index (κ1) is 30.9. The average Bonchev–Trinajstić information content (AvgIpc) is 2.89. The molecule has 3 aromatic carbocycles. The first-order valence-corrected chi connectivity index (χ1v) is 14.4. The molecule has 0 bridgehead atoms. The Bertz CT molecular complexity index is 1480. The van der Waals surface area contributed by atoms with Crippen molar-refractivity contribution in [1.29, 1.82) is 0 Å². The van der Waals surface area contributed by atoms with Crippen molar-refractivity contribution >= 4 is 39.6 Å². The molecule has 2 N–H and O–H groups in total. The van der Waals surface area contributed by atoms with E-state index in [4.69, 9.17) is 21.4 Å². The summed E-state index contributed by atoms with van der Waals surface area (Å²) < 4.78 is 31.8. The lowest BCUT2D eigenvalue weighted by atomic mass is 10.1. The monoisotopic (exact) mass is 585 g/mol. The lowest BCUT2D eigenvalue weighted by Crippen LogP contribution is -2.40. The molecule has 0 aliphatic rings. The number of hydrogen-bond acceptors (Lipinski definition) is 6. The lowest BCUT2D eigenvalue weighted by molar-refractivity contribution is -0.131. The number of rotatable bonds is 10. The van der Waals surface area contributed by atoms with Crippen molar-refractivity contribution in [2.75, 3.05) is 13.1 Å². The molecule has 0 spiro atoms. The van der Waals surface area contributed by atoms with Gasteiger partial charge in [0, 0.05) is 17.6 Å². The van der Waals surface area contributed by atoms with Gasteiger partial charge in [-0.25, -0.2) is 18.0 Å². The number of aliphatic hydroxyl groups excluding tert-OH is 1. The number of carbonyl (C=O) groups excluding carboxylic acids is 1. The molecule has 3 rings (SSSR count). The molecule has 0 saturated heterocycles. The number of sulfone groups is 1. The van der Waals surface area contributed by atoms with Crippen LogP contribution in [0, 0.1) is 0 Å². The molecule has 1 amide bonds. The number of ether oxygens (including phenoxy) is 1. The number of carboxylic acid groups (broad SMARTS) is 1. The van der Waals surface area contributed by atoms with Gasteiger partial charge in [0.1, 0.15) is 5.60 Å². The van der Waals surface area contributed by atoms with E-state index in [2.05, 4.69) is 0 Å². The van der Waals surface area contributed by atoms with E-state index in [-0.39, 0.29) is 22.9 Å². The van der Waals surface area contributed by atoms with Crippen LogP contribution in [-0.4, -0.2) is 54.3 Å². The van der Waals surface area contributed by atoms with Crippen LogP contribution in [0.3, 0.4) is 0 Å². The maximum absolute atomic E-state index is 13.2. The summed E-state index contributed by atoms with van der Waals surface area (Å²) in [6.45, 7) is 5.47. The van der Waals surface area contributed by atoms with Crippen LogP contribution in [0.4, 0.5) is 4.79 Å². The van der Waals surface area contributed by atoms with Crippen LogP contribution in [0.15, 0.2) is 88.7 Å². The highest BCUT2D eigenvalue weighted by Crippen LogP contribution is 2.24. The van der Waals surface area contributed by atoms with Gasteiger partial charge in [-0.05, 0) is 86.4 Å². The Morgan fingerprint density at radius 2 is 1.68 bits per heavy atom. The Morgan fingerprint density at radius 1 is 1.00 bits per heavy atom. The summed E-state index contributed by atoms with van der Waals surface area (Å²) in [5, 5.41) is 20.1. The Labute approximate surface area is 239 Å². The zero-order valence-electron chi connectivity index (χ0n) is 22.5. The van der Waals surface area contributed by atoms with Gasteiger partial charge in [0.15, 0.2) is 0 Å². The number of hydrogen-bond donors (Lipinski definition) is 2. The van der Waals surface area contributed by atoms with E-state index in [0.717, 1.165) is 11.6 Å². The van der Waals surface area contributed by atoms with Crippen LogP contribution >= 0.6 is 11.6 Å². The summed E-state index contributed by atoms with van der Waals surface area (Å²) in [5.41, 5.74) is 1.07. The average molecular weight is 586 g/mol. The van der Waals surface area contributed by atoms with Gasteiger partial charge in [0.2, 0.25) is 9.84 Å². The third kappa shape index (κ3) is 8.94. The summed E-state index contributed by atoms with van der Waals surface area (Å²) in [7, 11) is -3.84. The van der Waals surface area contributed by atoms with Crippen molar-refractivity contribution in [1.82, 2.24) is 4.90 Å². The Morgan fingerprint density at radius 3 is 2.30 bits per heavy atom. The van der Waals surface area contributed by atoms with E-state index < -0.39 is 33.6 Å². The van der Waals surface area contributed by atoms with Gasteiger partial charge in [-0.1, -0.05) is 48.0 Å². The van der Waals surface area contributed by atoms with E-state index in [1.54, 1.807) is 69.3 Å². The molecule has 0 saturated carbocycles. The van der Waals surface area contributed by atoms with Crippen molar-refractivity contribution in [2.24, 2.45) is 0 Å². The molecular formula is C30H32ClNO7S. The molecule has 0 aromatic heterocycles. The zero-order chi connectivity index (χ0) is 29.5. The molecule has 0 unspecified atom stereocenters. The molecular weight excluding hydrogens is 554 g/mol. The van der Waals surface area contributed by atoms with E-state index in [1.165, 1.54) is 35.2 Å². The third-order valence-electron chi connectivity index (χ3n) is 5.77. The second-order valence-electron chi connectivity index (χ2n) is 10.1. The summed E-state index contributed by atoms with van der Waals surface area (Å²) >= 11 is 6.05. The largest absolute Gasteiger partial charge is 0.478 e. The molecule has 0 fully saturated rings. The maximum atomic E-state index is 13.2. The van der Waals surface area contributed by atoms with E-state index >= 15 is 0 Å². The predicted molar refractivity (Wildman–Crippen MR) is 153 cm³/mol. The number of benzene rings is 3. The maximum Gasteiger partial charge on any atom is 0.410 e. The Hall–Kier alpha value is -3.66. The fraction of sp³-hybridized carbons (Fsp3) is 0.267. The van der Waals surface area contributed by atoms with E-state index in [9.17, 15) is 23.1 Å². The smallest absolute Gasteiger partial charge is 0.410 e. The molecule has 3 aromatic rings. The van der Waals surface area contributed by atoms with Crippen molar-refractivity contribution in [3.63, 3.8) is 0 Å². The van der Waals surface area contributed by atoms with Crippen LogP contribution in [0.25, 0.3) is 6.08 Å². The SMILES string of the molecule is CC(C)(C)OC(=O)N(CCc1ccc(S(=O)(=O)c2cccc(C=CC(=O)O)c2)cc1)C[C@H](O)c1cccc(Cl)c1. The number of carboxylic acids is 1. The molecule has 0 radical (unpaired) electrons. The van der Waals surface area contributed by atoms with Gasteiger partial charge in [-0.15, -0.1) is 0 Å². The minimum absolute atomic E-state index is 0.0195. The number of aliphatic hydroxyl groups is 1. The van der Waals surface area contributed by atoms with Crippen LogP contribution in [-0.2, 0) is 25.8 Å². The van der Waals surface area contributed by atoms with Crippen LogP contribution in [0.5, 0.6) is 0 Å². The molecule has 0 aliphatic heterocycles. The van der Waals surface area contributed by atoms with Gasteiger partial charge in [-0.3, -0.25) is 0 Å². The fourth-order valence-electron chi connectivity index (χ4n) is 3.80. The lowest BCUT2D eigenvalue weighted by Gasteiger charge is -2.29. The normalized spacial score (nSPS) is 12.7. The number of carbonyl (C=O) groups is 2. The highest BCUT2D eigenvalue weighted by atomic mass is 35.5. The number of aliphatic carboxylic acids is 1. The zero-order valence-corrected chi connectivity index (χ0v) is 24.0. The second-order valence-corrected chi connectivity index (χ2v) is 12.5. The van der Waals surface area contributed by atoms with Crippen LogP contribution < -0.4 is 0 Å². The summed E-state index contributed by atoms with van der Waals surface area (Å²) in [5.74, 6) is -1.13. The van der Waals surface area contributed by atoms with Crippen LogP contribution in [0.2, 0.25) is 5.02 Å². The summed E-state index contributed by atoms with van der Waals surface area (Å²) in [6.07, 6.45) is 1.08. The van der Waals surface area contributed by atoms with Gasteiger partial charge >= 0.3 is 12.1 Å². The highest BCUT2D eigenvalue weighted by molar-refractivity contribution is 7.91. The standard InChI is InChI=1S/C30H32ClNO7S/c1-30(2,3)39-29(36)32(20-27(33)23-7-5-8-24(31)19-23)17-16-21-10-13-25(14-11-21)40(37,38)26-9-4-6-22(18-26)12-15-28(34)35/h4-15,18-19,27,33H,16-17,20H2,1-3H3,(H,34,35)/t27-/m0/s1. The summed E-state index contributed by atoms with van der Waals surface area (Å²) in [4.78, 5) is 25.2. The number of nitrogens with zero attached hydrogens (tertiary/aromatic N) is 1. The highest BCUT2D eigenvalue weighted by Gasteiger charge is 2.25. The first-order valence-electron chi connectivity index (χ1n) is 12.5. The van der Waals surface area contributed by atoms with Crippen molar-refractivity contribution in [3.8, 4) is 0 Å². The van der Waals surface area contributed by atoms with E-state index in [1.807, 2.05) is 0 Å². The molecule has 0 aliphatic carbocycles. The number of amides is 1. The predicted octanol–water partition coefficient (Wildman–Crippen LogP) is 5.78. The van der Waals surface area contributed by atoms with Gasteiger partial charge in [0.25, 0.3) is 0 Å². The molecule has 212 valence electrons. The fourth-order valence-corrected chi connectivity index (χ4v) is 5.31. The number of halogens is 1. The van der Waals surface area contributed by atoms with Gasteiger partial charge < -0.3 is 19.8 Å². The minimum atomic E-state index is -3.84. The summed E-state index contributed by atoms with van der Waals surface area (Å²) in [6, 6.07) is 19.1. The minimum Gasteiger partial charge on any atom is -0.478 e. The molecule has 1 atom stereocenters. The first-order chi connectivity index (χ1) is 18.7.